The molecule has 0 aliphatic heterocycles. The lowest BCUT2D eigenvalue weighted by molar-refractivity contribution is -0.139. The smallest absolute Gasteiger partial charge is 0.303 e. The molecule has 1 rings (SSSR count). The van der Waals surface area contributed by atoms with E-state index in [4.69, 9.17) is 5.11 Å². The number of benzene rings is 1. The first-order chi connectivity index (χ1) is 7.00. The third-order valence-electron chi connectivity index (χ3n) is 2.25. The molecule has 2 atom stereocenters. The van der Waals surface area contributed by atoms with Crippen molar-refractivity contribution in [2.75, 3.05) is 0 Å². The van der Waals surface area contributed by atoms with E-state index in [1.807, 2.05) is 12.1 Å². The van der Waals surface area contributed by atoms with Gasteiger partial charge in [0.25, 0.3) is 0 Å². The Morgan fingerprint density at radius 3 is 2.40 bits per heavy atom. The number of halogens is 1. The fourth-order valence-corrected chi connectivity index (χ4v) is 1.64. The molecule has 0 aliphatic rings. The second-order valence-electron chi connectivity index (χ2n) is 3.57. The Hall–Kier alpha value is -0.870. The predicted molar refractivity (Wildman–Crippen MR) is 60.5 cm³/mol. The first kappa shape index (κ1) is 12.2. The number of rotatable bonds is 4. The summed E-state index contributed by atoms with van der Waals surface area (Å²) in [7, 11) is 0. The first-order valence-electron chi connectivity index (χ1n) is 4.66. The zero-order chi connectivity index (χ0) is 11.4. The summed E-state index contributed by atoms with van der Waals surface area (Å²) in [6.45, 7) is 1.72. The van der Waals surface area contributed by atoms with Crippen molar-refractivity contribution in [1.29, 1.82) is 0 Å². The molecule has 1 aromatic carbocycles. The highest BCUT2D eigenvalue weighted by molar-refractivity contribution is 9.10. The first-order valence-corrected chi connectivity index (χ1v) is 5.45. The normalized spacial score (nSPS) is 14.6. The van der Waals surface area contributed by atoms with E-state index >= 15 is 0 Å². The molecule has 15 heavy (non-hydrogen) atoms. The highest BCUT2D eigenvalue weighted by atomic mass is 79.9. The van der Waals surface area contributed by atoms with Crippen LogP contribution in [0.2, 0.25) is 0 Å². The number of aliphatic hydroxyl groups is 1. The van der Waals surface area contributed by atoms with Crippen molar-refractivity contribution in [1.82, 2.24) is 0 Å². The van der Waals surface area contributed by atoms with Gasteiger partial charge in [-0.2, -0.15) is 0 Å². The van der Waals surface area contributed by atoms with Gasteiger partial charge in [0.15, 0.2) is 0 Å². The van der Waals surface area contributed by atoms with E-state index in [0.717, 1.165) is 10.0 Å². The molecule has 1 aromatic rings. The van der Waals surface area contributed by atoms with Crippen molar-refractivity contribution in [2.45, 2.75) is 19.4 Å². The molecule has 2 unspecified atom stereocenters. The summed E-state index contributed by atoms with van der Waals surface area (Å²) in [5.74, 6) is -1.18. The summed E-state index contributed by atoms with van der Waals surface area (Å²) in [5.41, 5.74) is 0.743. The summed E-state index contributed by atoms with van der Waals surface area (Å²) in [5, 5.41) is 18.5. The topological polar surface area (TPSA) is 57.5 Å². The van der Waals surface area contributed by atoms with Crippen molar-refractivity contribution in [2.24, 2.45) is 5.92 Å². The monoisotopic (exact) mass is 272 g/mol. The number of carbonyl (C=O) groups is 1. The van der Waals surface area contributed by atoms with Gasteiger partial charge in [0.2, 0.25) is 0 Å². The third kappa shape index (κ3) is 3.64. The maximum absolute atomic E-state index is 10.5. The van der Waals surface area contributed by atoms with Crippen LogP contribution in [0.5, 0.6) is 0 Å². The van der Waals surface area contributed by atoms with Gasteiger partial charge in [-0.15, -0.1) is 0 Å². The standard InChI is InChI=1S/C11H13BrO3/c1-7(6-10(13)14)11(15)8-2-4-9(12)5-3-8/h2-5,7,11,15H,6H2,1H3,(H,13,14). The van der Waals surface area contributed by atoms with Gasteiger partial charge in [-0.3, -0.25) is 4.79 Å². The Bertz CT molecular complexity index is 334. The van der Waals surface area contributed by atoms with Gasteiger partial charge in [0, 0.05) is 4.47 Å². The second kappa shape index (κ2) is 5.28. The van der Waals surface area contributed by atoms with Gasteiger partial charge in [-0.1, -0.05) is 35.0 Å². The van der Waals surface area contributed by atoms with Crippen LogP contribution in [0.25, 0.3) is 0 Å². The molecule has 0 radical (unpaired) electrons. The Balaban J connectivity index is 2.71. The molecule has 0 heterocycles. The van der Waals surface area contributed by atoms with Gasteiger partial charge in [-0.05, 0) is 23.6 Å². The lowest BCUT2D eigenvalue weighted by Gasteiger charge is -2.17. The van der Waals surface area contributed by atoms with Crippen molar-refractivity contribution in [3.63, 3.8) is 0 Å². The van der Waals surface area contributed by atoms with Gasteiger partial charge < -0.3 is 10.2 Å². The maximum atomic E-state index is 10.5. The van der Waals surface area contributed by atoms with Crippen LogP contribution < -0.4 is 0 Å². The van der Waals surface area contributed by atoms with Gasteiger partial charge in [0.05, 0.1) is 12.5 Å². The molecule has 3 nitrogen and oxygen atoms in total. The molecule has 0 saturated carbocycles. The highest BCUT2D eigenvalue weighted by Gasteiger charge is 2.18. The molecule has 0 fully saturated rings. The SMILES string of the molecule is CC(CC(=O)O)C(O)c1ccc(Br)cc1. The van der Waals surface area contributed by atoms with Crippen LogP contribution in [0, 0.1) is 5.92 Å². The Morgan fingerprint density at radius 2 is 1.93 bits per heavy atom. The van der Waals surface area contributed by atoms with Crippen LogP contribution in [0.3, 0.4) is 0 Å². The second-order valence-corrected chi connectivity index (χ2v) is 4.49. The molecule has 0 aliphatic carbocycles. The van der Waals surface area contributed by atoms with Crippen LogP contribution in [0.4, 0.5) is 0 Å². The van der Waals surface area contributed by atoms with Gasteiger partial charge in [-0.25, -0.2) is 0 Å². The molecule has 82 valence electrons. The average molecular weight is 273 g/mol. The number of aliphatic hydroxyl groups excluding tert-OH is 1. The summed E-state index contributed by atoms with van der Waals surface area (Å²) in [4.78, 5) is 10.5. The van der Waals surface area contributed by atoms with Gasteiger partial charge >= 0.3 is 5.97 Å². The lowest BCUT2D eigenvalue weighted by atomic mass is 9.95. The summed E-state index contributed by atoms with van der Waals surface area (Å²) in [6, 6.07) is 7.22. The molecule has 4 heteroatoms. The maximum Gasteiger partial charge on any atom is 0.303 e. The Kier molecular flexibility index (Phi) is 4.29. The molecule has 0 spiro atoms. The highest BCUT2D eigenvalue weighted by Crippen LogP contribution is 2.25. The van der Waals surface area contributed by atoms with Gasteiger partial charge in [0.1, 0.15) is 0 Å². The van der Waals surface area contributed by atoms with E-state index in [9.17, 15) is 9.90 Å². The zero-order valence-corrected chi connectivity index (χ0v) is 9.94. The van der Waals surface area contributed by atoms with Crippen LogP contribution in [0.1, 0.15) is 25.0 Å². The minimum atomic E-state index is -0.890. The third-order valence-corrected chi connectivity index (χ3v) is 2.78. The van der Waals surface area contributed by atoms with Crippen LogP contribution >= 0.6 is 15.9 Å². The molecule has 0 saturated heterocycles. The van der Waals surface area contributed by atoms with Crippen LogP contribution in [0.15, 0.2) is 28.7 Å². The van der Waals surface area contributed by atoms with E-state index < -0.39 is 12.1 Å². The fourth-order valence-electron chi connectivity index (χ4n) is 1.38. The molecule has 0 aromatic heterocycles. The van der Waals surface area contributed by atoms with Crippen LogP contribution in [-0.4, -0.2) is 16.2 Å². The number of aliphatic carboxylic acids is 1. The minimum Gasteiger partial charge on any atom is -0.481 e. The molecular formula is C11H13BrO3. The Labute approximate surface area is 96.9 Å². The number of hydrogen-bond donors (Lipinski definition) is 2. The average Bonchev–Trinajstić information content (AvgIpc) is 2.17. The van der Waals surface area contributed by atoms with Crippen LogP contribution in [-0.2, 0) is 4.79 Å². The van der Waals surface area contributed by atoms with E-state index in [1.165, 1.54) is 0 Å². The van der Waals surface area contributed by atoms with Crippen molar-refractivity contribution >= 4 is 21.9 Å². The van der Waals surface area contributed by atoms with E-state index in [-0.39, 0.29) is 12.3 Å². The van der Waals surface area contributed by atoms with E-state index in [1.54, 1.807) is 19.1 Å². The zero-order valence-electron chi connectivity index (χ0n) is 8.35. The number of carboxylic acids is 1. The summed E-state index contributed by atoms with van der Waals surface area (Å²) >= 11 is 3.30. The fraction of sp³-hybridized carbons (Fsp3) is 0.364. The quantitative estimate of drug-likeness (QED) is 0.886. The lowest BCUT2D eigenvalue weighted by Crippen LogP contribution is -2.13. The minimum absolute atomic E-state index is 0.0305. The molecular weight excluding hydrogens is 260 g/mol. The van der Waals surface area contributed by atoms with Crippen molar-refractivity contribution in [3.05, 3.63) is 34.3 Å². The van der Waals surface area contributed by atoms with E-state index in [0.29, 0.717) is 0 Å². The van der Waals surface area contributed by atoms with E-state index in [2.05, 4.69) is 15.9 Å². The van der Waals surface area contributed by atoms with Crippen molar-refractivity contribution in [3.8, 4) is 0 Å². The van der Waals surface area contributed by atoms with Crippen molar-refractivity contribution < 1.29 is 15.0 Å². The molecule has 0 amide bonds. The number of carboxylic acid groups (broad SMARTS) is 1. The largest absolute Gasteiger partial charge is 0.481 e. The predicted octanol–water partition coefficient (Wildman–Crippen LogP) is 2.59. The number of hydrogen-bond acceptors (Lipinski definition) is 2. The molecule has 0 bridgehead atoms. The molecule has 2 N–H and O–H groups in total. The summed E-state index contributed by atoms with van der Waals surface area (Å²) in [6.07, 6.45) is -0.758. The summed E-state index contributed by atoms with van der Waals surface area (Å²) < 4.78 is 0.935. The Morgan fingerprint density at radius 1 is 1.40 bits per heavy atom.